The number of furan rings is 1. The summed E-state index contributed by atoms with van der Waals surface area (Å²) >= 11 is 0. The fraction of sp³-hybridized carbons (Fsp3) is 0.312. The Morgan fingerprint density at radius 2 is 2.29 bits per heavy atom. The lowest BCUT2D eigenvalue weighted by molar-refractivity contribution is -0.132. The summed E-state index contributed by atoms with van der Waals surface area (Å²) in [6.07, 6.45) is 2.53. The van der Waals surface area contributed by atoms with Crippen LogP contribution >= 0.6 is 0 Å². The maximum absolute atomic E-state index is 13.0. The molecule has 1 aromatic carbocycles. The summed E-state index contributed by atoms with van der Waals surface area (Å²) in [5.74, 6) is 1.06. The summed E-state index contributed by atoms with van der Waals surface area (Å²) in [5, 5.41) is 0. The molecule has 1 aliphatic rings. The molecule has 110 valence electrons. The molecule has 3 rings (SSSR count). The second kappa shape index (κ2) is 5.99. The average Bonchev–Trinajstić information content (AvgIpc) is 3.15. The second-order valence-corrected chi connectivity index (χ2v) is 5.09. The van der Waals surface area contributed by atoms with Crippen molar-refractivity contribution in [1.82, 2.24) is 4.90 Å². The number of benzene rings is 1. The number of rotatable bonds is 4. The first-order valence-corrected chi connectivity index (χ1v) is 6.92. The lowest BCUT2D eigenvalue weighted by atomic mass is 10.1. The van der Waals surface area contributed by atoms with E-state index in [0.29, 0.717) is 18.8 Å². The van der Waals surface area contributed by atoms with Gasteiger partial charge in [0, 0.05) is 25.1 Å². The fourth-order valence-electron chi connectivity index (χ4n) is 2.54. The molecule has 1 amide bonds. The predicted molar refractivity (Wildman–Crippen MR) is 74.5 cm³/mol. The summed E-state index contributed by atoms with van der Waals surface area (Å²) < 4.78 is 23.7. The Bertz CT molecular complexity index is 612. The van der Waals surface area contributed by atoms with Crippen LogP contribution in [-0.4, -0.2) is 30.5 Å². The Morgan fingerprint density at radius 3 is 3.05 bits per heavy atom. The van der Waals surface area contributed by atoms with Crippen molar-refractivity contribution in [3.05, 3.63) is 54.2 Å². The molecule has 1 aromatic heterocycles. The molecule has 1 saturated heterocycles. The summed E-state index contributed by atoms with van der Waals surface area (Å²) in [6, 6.07) is 9.57. The highest BCUT2D eigenvalue weighted by atomic mass is 19.1. The van der Waals surface area contributed by atoms with Crippen molar-refractivity contribution in [2.45, 2.75) is 12.3 Å². The molecule has 0 bridgehead atoms. The summed E-state index contributed by atoms with van der Waals surface area (Å²) in [4.78, 5) is 13.9. The summed E-state index contributed by atoms with van der Waals surface area (Å²) in [6.45, 7) is 1.25. The van der Waals surface area contributed by atoms with Crippen molar-refractivity contribution >= 4 is 5.91 Å². The van der Waals surface area contributed by atoms with Crippen LogP contribution in [0.2, 0.25) is 0 Å². The highest BCUT2D eigenvalue weighted by Crippen LogP contribution is 2.27. The van der Waals surface area contributed by atoms with E-state index in [2.05, 4.69) is 0 Å². The third-order valence-corrected chi connectivity index (χ3v) is 3.64. The van der Waals surface area contributed by atoms with Crippen molar-refractivity contribution < 1.29 is 18.3 Å². The van der Waals surface area contributed by atoms with Gasteiger partial charge >= 0.3 is 0 Å². The van der Waals surface area contributed by atoms with E-state index in [-0.39, 0.29) is 24.2 Å². The quantitative estimate of drug-likeness (QED) is 0.869. The standard InChI is InChI=1S/C16H16FNO3/c17-13-3-1-4-14(9-13)21-11-16(19)18-7-6-12(10-18)15-5-2-8-20-15/h1-5,8-9,12H,6-7,10-11H2. The molecule has 0 spiro atoms. The minimum atomic E-state index is -0.376. The van der Waals surface area contributed by atoms with Gasteiger partial charge in [-0.2, -0.15) is 0 Å². The van der Waals surface area contributed by atoms with E-state index in [0.717, 1.165) is 12.2 Å². The zero-order chi connectivity index (χ0) is 14.7. The Labute approximate surface area is 122 Å². The van der Waals surface area contributed by atoms with E-state index in [9.17, 15) is 9.18 Å². The van der Waals surface area contributed by atoms with Crippen LogP contribution in [0.4, 0.5) is 4.39 Å². The first-order chi connectivity index (χ1) is 10.2. The molecule has 0 radical (unpaired) electrons. The lowest BCUT2D eigenvalue weighted by Gasteiger charge is -2.16. The number of carbonyl (C=O) groups is 1. The molecule has 1 unspecified atom stereocenters. The van der Waals surface area contributed by atoms with Crippen molar-refractivity contribution in [3.8, 4) is 5.75 Å². The van der Waals surface area contributed by atoms with Crippen LogP contribution in [0.5, 0.6) is 5.75 Å². The first kappa shape index (κ1) is 13.7. The van der Waals surface area contributed by atoms with Gasteiger partial charge in [-0.25, -0.2) is 4.39 Å². The summed E-state index contributed by atoms with van der Waals surface area (Å²) in [7, 11) is 0. The highest BCUT2D eigenvalue weighted by Gasteiger charge is 2.28. The molecule has 4 nitrogen and oxygen atoms in total. The van der Waals surface area contributed by atoms with Crippen molar-refractivity contribution in [2.75, 3.05) is 19.7 Å². The molecule has 0 N–H and O–H groups in total. The number of ether oxygens (including phenoxy) is 1. The molecule has 21 heavy (non-hydrogen) atoms. The van der Waals surface area contributed by atoms with Crippen LogP contribution in [0.15, 0.2) is 47.1 Å². The SMILES string of the molecule is O=C(COc1cccc(F)c1)N1CCC(c2ccco2)C1. The molecular weight excluding hydrogens is 273 g/mol. The van der Waals surface area contributed by atoms with Crippen molar-refractivity contribution in [3.63, 3.8) is 0 Å². The summed E-state index contributed by atoms with van der Waals surface area (Å²) in [5.41, 5.74) is 0. The van der Waals surface area contributed by atoms with Crippen molar-refractivity contribution in [1.29, 1.82) is 0 Å². The predicted octanol–water partition coefficient (Wildman–Crippen LogP) is 2.81. The Hall–Kier alpha value is -2.30. The first-order valence-electron chi connectivity index (χ1n) is 6.92. The van der Waals surface area contributed by atoms with Crippen LogP contribution in [0.25, 0.3) is 0 Å². The van der Waals surface area contributed by atoms with Gasteiger partial charge in [-0.05, 0) is 30.7 Å². The number of hydrogen-bond donors (Lipinski definition) is 0. The number of amides is 1. The normalized spacial score (nSPS) is 18.0. The van der Waals surface area contributed by atoms with Crippen molar-refractivity contribution in [2.24, 2.45) is 0 Å². The molecule has 1 fully saturated rings. The zero-order valence-electron chi connectivity index (χ0n) is 11.5. The van der Waals surface area contributed by atoms with Crippen LogP contribution in [0, 0.1) is 5.82 Å². The number of nitrogens with zero attached hydrogens (tertiary/aromatic N) is 1. The fourth-order valence-corrected chi connectivity index (χ4v) is 2.54. The smallest absolute Gasteiger partial charge is 0.260 e. The third-order valence-electron chi connectivity index (χ3n) is 3.64. The van der Waals surface area contributed by atoms with Gasteiger partial charge in [0.15, 0.2) is 6.61 Å². The van der Waals surface area contributed by atoms with Gasteiger partial charge in [-0.3, -0.25) is 4.79 Å². The lowest BCUT2D eigenvalue weighted by Crippen LogP contribution is -2.32. The largest absolute Gasteiger partial charge is 0.484 e. The van der Waals surface area contributed by atoms with Gasteiger partial charge in [-0.1, -0.05) is 6.07 Å². The molecule has 5 heteroatoms. The van der Waals surface area contributed by atoms with E-state index in [1.165, 1.54) is 12.1 Å². The van der Waals surface area contributed by atoms with Crippen LogP contribution in [0.1, 0.15) is 18.1 Å². The third kappa shape index (κ3) is 3.24. The topological polar surface area (TPSA) is 42.7 Å². The molecule has 1 aliphatic heterocycles. The van der Waals surface area contributed by atoms with Gasteiger partial charge in [0.05, 0.1) is 6.26 Å². The Kier molecular flexibility index (Phi) is 3.90. The molecular formula is C16H16FNO3. The molecule has 1 atom stereocenters. The Morgan fingerprint density at radius 1 is 1.38 bits per heavy atom. The van der Waals surface area contributed by atoms with E-state index >= 15 is 0 Å². The molecule has 0 saturated carbocycles. The monoisotopic (exact) mass is 289 g/mol. The van der Waals surface area contributed by atoms with Gasteiger partial charge in [0.2, 0.25) is 0 Å². The van der Waals surface area contributed by atoms with Gasteiger partial charge in [-0.15, -0.1) is 0 Å². The number of likely N-dealkylation sites (tertiary alicyclic amines) is 1. The molecule has 2 heterocycles. The van der Waals surface area contributed by atoms with Gasteiger partial charge in [0.25, 0.3) is 5.91 Å². The zero-order valence-corrected chi connectivity index (χ0v) is 11.5. The second-order valence-electron chi connectivity index (χ2n) is 5.09. The maximum atomic E-state index is 13.0. The number of carbonyl (C=O) groups excluding carboxylic acids is 1. The van der Waals surface area contributed by atoms with E-state index in [1.54, 1.807) is 23.3 Å². The van der Waals surface area contributed by atoms with Crippen LogP contribution < -0.4 is 4.74 Å². The maximum Gasteiger partial charge on any atom is 0.260 e. The van der Waals surface area contributed by atoms with Crippen LogP contribution in [0.3, 0.4) is 0 Å². The average molecular weight is 289 g/mol. The molecule has 2 aromatic rings. The highest BCUT2D eigenvalue weighted by molar-refractivity contribution is 5.78. The van der Waals surface area contributed by atoms with E-state index in [1.807, 2.05) is 12.1 Å². The van der Waals surface area contributed by atoms with E-state index in [4.69, 9.17) is 9.15 Å². The number of hydrogen-bond acceptors (Lipinski definition) is 3. The Balaban J connectivity index is 1.52. The van der Waals surface area contributed by atoms with Crippen LogP contribution in [-0.2, 0) is 4.79 Å². The van der Waals surface area contributed by atoms with E-state index < -0.39 is 0 Å². The minimum Gasteiger partial charge on any atom is -0.484 e. The minimum absolute atomic E-state index is 0.0751. The number of halogens is 1. The van der Waals surface area contributed by atoms with Gasteiger partial charge < -0.3 is 14.1 Å². The van der Waals surface area contributed by atoms with Gasteiger partial charge in [0.1, 0.15) is 17.3 Å². The molecule has 0 aliphatic carbocycles.